The monoisotopic (exact) mass is 219 g/mol. The quantitative estimate of drug-likeness (QED) is 0.724. The van der Waals surface area contributed by atoms with E-state index < -0.39 is 9.05 Å². The summed E-state index contributed by atoms with van der Waals surface area (Å²) >= 11 is 0. The molecule has 0 N–H and O–H groups in total. The second-order valence-electron chi connectivity index (χ2n) is 2.80. The van der Waals surface area contributed by atoms with Gasteiger partial charge in [0.1, 0.15) is 0 Å². The Morgan fingerprint density at radius 3 is 2.62 bits per heavy atom. The minimum absolute atomic E-state index is 0.0424. The highest BCUT2D eigenvalue weighted by atomic mass is 35.7. The lowest BCUT2D eigenvalue weighted by Crippen LogP contribution is -2.01. The molecule has 0 spiro atoms. The van der Waals surface area contributed by atoms with Gasteiger partial charge in [-0.25, -0.2) is 8.42 Å². The van der Waals surface area contributed by atoms with Crippen LogP contribution < -0.4 is 0 Å². The van der Waals surface area contributed by atoms with E-state index in [9.17, 15) is 8.42 Å². The van der Waals surface area contributed by atoms with Crippen molar-refractivity contribution in [3.63, 3.8) is 0 Å². The zero-order chi connectivity index (χ0) is 9.90. The normalized spacial score (nSPS) is 11.5. The van der Waals surface area contributed by atoms with Crippen molar-refractivity contribution < 1.29 is 8.42 Å². The van der Waals surface area contributed by atoms with E-state index in [1.807, 2.05) is 19.1 Å². The molecular formula is C8H10ClNO2S. The van der Waals surface area contributed by atoms with Crippen LogP contribution in [0.5, 0.6) is 0 Å². The highest BCUT2D eigenvalue weighted by molar-refractivity contribution is 8.13. The first-order chi connectivity index (χ1) is 5.97. The molecule has 0 saturated carbocycles. The van der Waals surface area contributed by atoms with Crippen molar-refractivity contribution in [2.75, 3.05) is 5.75 Å². The van der Waals surface area contributed by atoms with Crippen LogP contribution in [0.25, 0.3) is 0 Å². The molecule has 0 radical (unpaired) electrons. The summed E-state index contributed by atoms with van der Waals surface area (Å²) in [5.74, 6) is -0.0424. The van der Waals surface area contributed by atoms with Gasteiger partial charge in [-0.1, -0.05) is 6.07 Å². The zero-order valence-corrected chi connectivity index (χ0v) is 8.77. The maximum Gasteiger partial charge on any atom is 0.232 e. The molecule has 1 heterocycles. The van der Waals surface area contributed by atoms with Crippen LogP contribution in [0.4, 0.5) is 0 Å². The third kappa shape index (κ3) is 4.24. The summed E-state index contributed by atoms with van der Waals surface area (Å²) in [5, 5.41) is 0. The fraction of sp³-hybridized carbons (Fsp3) is 0.375. The Morgan fingerprint density at radius 2 is 2.15 bits per heavy atom. The van der Waals surface area contributed by atoms with E-state index in [2.05, 4.69) is 4.98 Å². The van der Waals surface area contributed by atoms with Gasteiger partial charge in [-0.15, -0.1) is 0 Å². The summed E-state index contributed by atoms with van der Waals surface area (Å²) in [6.07, 6.45) is 2.08. The van der Waals surface area contributed by atoms with Gasteiger partial charge < -0.3 is 0 Å². The Bertz CT molecular complexity index is 372. The van der Waals surface area contributed by atoms with Gasteiger partial charge in [0.2, 0.25) is 9.05 Å². The molecule has 13 heavy (non-hydrogen) atoms. The maximum absolute atomic E-state index is 10.6. The van der Waals surface area contributed by atoms with E-state index in [0.717, 1.165) is 11.3 Å². The summed E-state index contributed by atoms with van der Waals surface area (Å²) in [6, 6.07) is 3.70. The Kier molecular flexibility index (Phi) is 3.27. The topological polar surface area (TPSA) is 47.0 Å². The molecule has 1 aromatic rings. The van der Waals surface area contributed by atoms with E-state index in [-0.39, 0.29) is 5.75 Å². The molecule has 0 aliphatic heterocycles. The lowest BCUT2D eigenvalue weighted by Gasteiger charge is -1.98. The number of hydrogen-bond donors (Lipinski definition) is 0. The maximum atomic E-state index is 10.6. The third-order valence-electron chi connectivity index (χ3n) is 1.61. The Balaban J connectivity index is 2.61. The van der Waals surface area contributed by atoms with Crippen LogP contribution >= 0.6 is 10.7 Å². The molecule has 72 valence electrons. The van der Waals surface area contributed by atoms with E-state index in [1.165, 1.54) is 0 Å². The number of rotatable bonds is 3. The number of pyridine rings is 1. The standard InChI is InChI=1S/C8H10ClNO2S/c1-7-2-3-8(6-10-7)4-5-13(9,11)12/h2-3,6H,4-5H2,1H3. The summed E-state index contributed by atoms with van der Waals surface area (Å²) in [4.78, 5) is 4.04. The lowest BCUT2D eigenvalue weighted by atomic mass is 10.2. The predicted octanol–water partition coefficient (Wildman–Crippen LogP) is 1.50. The molecule has 0 atom stereocenters. The van der Waals surface area contributed by atoms with E-state index >= 15 is 0 Å². The molecule has 0 aliphatic carbocycles. The van der Waals surface area contributed by atoms with E-state index in [0.29, 0.717) is 6.42 Å². The Hall–Kier alpha value is -0.610. The molecule has 5 heteroatoms. The first kappa shape index (κ1) is 10.5. The molecule has 0 fully saturated rings. The van der Waals surface area contributed by atoms with Gasteiger partial charge in [0.05, 0.1) is 5.75 Å². The Morgan fingerprint density at radius 1 is 1.46 bits per heavy atom. The smallest absolute Gasteiger partial charge is 0.232 e. The van der Waals surface area contributed by atoms with E-state index in [4.69, 9.17) is 10.7 Å². The second-order valence-corrected chi connectivity index (χ2v) is 5.70. The molecule has 1 aromatic heterocycles. The van der Waals surface area contributed by atoms with E-state index in [1.54, 1.807) is 6.20 Å². The van der Waals surface area contributed by atoms with Gasteiger partial charge in [0.25, 0.3) is 0 Å². The fourth-order valence-corrected chi connectivity index (χ4v) is 1.60. The molecule has 0 aliphatic rings. The van der Waals surface area contributed by atoms with Gasteiger partial charge in [-0.2, -0.15) is 0 Å². The van der Waals surface area contributed by atoms with Crippen LogP contribution in [-0.4, -0.2) is 19.2 Å². The summed E-state index contributed by atoms with van der Waals surface area (Å²) in [7, 11) is 1.68. The number of halogens is 1. The summed E-state index contributed by atoms with van der Waals surface area (Å²) in [5.41, 5.74) is 1.80. The van der Waals surface area contributed by atoms with Crippen LogP contribution in [0.1, 0.15) is 11.3 Å². The zero-order valence-electron chi connectivity index (χ0n) is 7.20. The first-order valence-corrected chi connectivity index (χ1v) is 6.29. The van der Waals surface area contributed by atoms with Crippen molar-refractivity contribution in [1.82, 2.24) is 4.98 Å². The molecule has 0 saturated heterocycles. The highest BCUT2D eigenvalue weighted by Crippen LogP contribution is 2.04. The van der Waals surface area contributed by atoms with Crippen LogP contribution in [0.15, 0.2) is 18.3 Å². The van der Waals surface area contributed by atoms with Crippen molar-refractivity contribution in [3.05, 3.63) is 29.6 Å². The van der Waals surface area contributed by atoms with Crippen molar-refractivity contribution in [2.24, 2.45) is 0 Å². The molecule has 0 bridgehead atoms. The first-order valence-electron chi connectivity index (χ1n) is 3.81. The average molecular weight is 220 g/mol. The fourth-order valence-electron chi connectivity index (χ4n) is 0.886. The molecule has 1 rings (SSSR count). The summed E-state index contributed by atoms with van der Waals surface area (Å²) in [6.45, 7) is 1.88. The predicted molar refractivity (Wildman–Crippen MR) is 52.3 cm³/mol. The van der Waals surface area contributed by atoms with Gasteiger partial charge in [0.15, 0.2) is 0 Å². The van der Waals surface area contributed by atoms with Crippen molar-refractivity contribution in [2.45, 2.75) is 13.3 Å². The van der Waals surface area contributed by atoms with Gasteiger partial charge in [0, 0.05) is 22.6 Å². The SMILES string of the molecule is Cc1ccc(CCS(=O)(=O)Cl)cn1. The number of aromatic nitrogens is 1. The van der Waals surface area contributed by atoms with Crippen molar-refractivity contribution in [3.8, 4) is 0 Å². The minimum atomic E-state index is -3.39. The van der Waals surface area contributed by atoms with Gasteiger partial charge >= 0.3 is 0 Å². The molecular weight excluding hydrogens is 210 g/mol. The molecule has 0 aromatic carbocycles. The van der Waals surface area contributed by atoms with Crippen LogP contribution in [0, 0.1) is 6.92 Å². The third-order valence-corrected chi connectivity index (χ3v) is 2.76. The van der Waals surface area contributed by atoms with Gasteiger partial charge in [-0.3, -0.25) is 4.98 Å². The van der Waals surface area contributed by atoms with Crippen LogP contribution in [0.2, 0.25) is 0 Å². The lowest BCUT2D eigenvalue weighted by molar-refractivity contribution is 0.609. The minimum Gasteiger partial charge on any atom is -0.261 e. The molecule has 0 unspecified atom stereocenters. The summed E-state index contributed by atoms with van der Waals surface area (Å²) < 4.78 is 21.2. The van der Waals surface area contributed by atoms with Crippen LogP contribution in [0.3, 0.4) is 0 Å². The van der Waals surface area contributed by atoms with Gasteiger partial charge in [-0.05, 0) is 25.0 Å². The average Bonchev–Trinajstić information content (AvgIpc) is 2.02. The van der Waals surface area contributed by atoms with Crippen molar-refractivity contribution >= 4 is 19.7 Å². The Labute approximate surface area is 82.2 Å². The highest BCUT2D eigenvalue weighted by Gasteiger charge is 2.05. The van der Waals surface area contributed by atoms with Crippen LogP contribution in [-0.2, 0) is 15.5 Å². The largest absolute Gasteiger partial charge is 0.261 e. The molecule has 0 amide bonds. The number of aryl methyl sites for hydroxylation is 2. The molecule has 3 nitrogen and oxygen atoms in total. The van der Waals surface area contributed by atoms with Crippen molar-refractivity contribution in [1.29, 1.82) is 0 Å². The number of hydrogen-bond acceptors (Lipinski definition) is 3. The second kappa shape index (κ2) is 4.07. The number of nitrogens with zero attached hydrogens (tertiary/aromatic N) is 1.